The number of carbonyl (C=O) groups is 2. The minimum atomic E-state index is -0.880. The van der Waals surface area contributed by atoms with Gasteiger partial charge in [-0.25, -0.2) is 0 Å². The number of aromatic nitrogens is 2. The van der Waals surface area contributed by atoms with Gasteiger partial charge in [0.25, 0.3) is 5.91 Å². The number of carboxylic acid groups (broad SMARTS) is 1. The molecule has 6 heteroatoms. The van der Waals surface area contributed by atoms with Crippen LogP contribution in [0.15, 0.2) is 24.4 Å². The highest BCUT2D eigenvalue weighted by Gasteiger charge is 2.45. The van der Waals surface area contributed by atoms with E-state index in [1.165, 1.54) is 0 Å². The first-order valence-electron chi connectivity index (χ1n) is 6.98. The fourth-order valence-electron chi connectivity index (χ4n) is 2.98. The summed E-state index contributed by atoms with van der Waals surface area (Å²) in [6.45, 7) is 1.70. The number of fused-ring (bicyclic) bond motifs is 1. The average Bonchev–Trinajstić information content (AvgIpc) is 3.06. The molecule has 2 atom stereocenters. The molecule has 0 aliphatic heterocycles. The van der Waals surface area contributed by atoms with Gasteiger partial charge in [0.1, 0.15) is 0 Å². The highest BCUT2D eigenvalue weighted by molar-refractivity contribution is 5.98. The molecule has 0 saturated heterocycles. The Morgan fingerprint density at radius 1 is 1.48 bits per heavy atom. The first-order valence-corrected chi connectivity index (χ1v) is 6.98. The Labute approximate surface area is 121 Å². The number of hydrogen-bond donors (Lipinski definition) is 3. The molecule has 0 radical (unpaired) electrons. The molecule has 1 heterocycles. The highest BCUT2D eigenvalue weighted by Crippen LogP contribution is 2.38. The fraction of sp³-hybridized carbons (Fsp3) is 0.400. The van der Waals surface area contributed by atoms with Crippen molar-refractivity contribution in [1.82, 2.24) is 15.5 Å². The summed E-state index contributed by atoms with van der Waals surface area (Å²) in [5.41, 5.74) is 0.501. The molecule has 21 heavy (non-hydrogen) atoms. The molecule has 1 fully saturated rings. The van der Waals surface area contributed by atoms with Crippen LogP contribution in [0.4, 0.5) is 0 Å². The summed E-state index contributed by atoms with van der Waals surface area (Å²) in [5, 5.41) is 19.9. The van der Waals surface area contributed by atoms with Crippen molar-refractivity contribution in [2.45, 2.75) is 32.2 Å². The Hall–Kier alpha value is -2.37. The monoisotopic (exact) mass is 287 g/mol. The number of rotatable bonds is 3. The molecule has 1 aromatic carbocycles. The van der Waals surface area contributed by atoms with E-state index in [-0.39, 0.29) is 11.9 Å². The van der Waals surface area contributed by atoms with Gasteiger partial charge < -0.3 is 10.4 Å². The molecule has 1 amide bonds. The van der Waals surface area contributed by atoms with Crippen molar-refractivity contribution >= 4 is 22.8 Å². The standard InChI is InChI=1S/C15H17N3O3/c1-15(14(20)21)6-2-3-12(15)17-13(19)9-4-5-11-10(7-9)8-16-18-11/h4-5,7-8,12H,2-3,6H2,1H3,(H,16,18)(H,17,19)(H,20,21). The lowest BCUT2D eigenvalue weighted by molar-refractivity contribution is -0.148. The van der Waals surface area contributed by atoms with Gasteiger partial charge in [-0.2, -0.15) is 5.10 Å². The number of amides is 1. The summed E-state index contributed by atoms with van der Waals surface area (Å²) in [5.74, 6) is -1.09. The van der Waals surface area contributed by atoms with Crippen LogP contribution in [-0.2, 0) is 4.79 Å². The van der Waals surface area contributed by atoms with Crippen LogP contribution in [0.3, 0.4) is 0 Å². The molecule has 110 valence electrons. The predicted molar refractivity (Wildman–Crippen MR) is 76.9 cm³/mol. The van der Waals surface area contributed by atoms with Crippen molar-refractivity contribution in [2.24, 2.45) is 5.41 Å². The first kappa shape index (κ1) is 13.6. The van der Waals surface area contributed by atoms with E-state index in [2.05, 4.69) is 15.5 Å². The molecule has 0 spiro atoms. The highest BCUT2D eigenvalue weighted by atomic mass is 16.4. The van der Waals surface area contributed by atoms with Crippen LogP contribution in [0, 0.1) is 5.41 Å². The maximum Gasteiger partial charge on any atom is 0.311 e. The minimum absolute atomic E-state index is 0.238. The zero-order valence-corrected chi connectivity index (χ0v) is 11.7. The van der Waals surface area contributed by atoms with Crippen molar-refractivity contribution in [1.29, 1.82) is 0 Å². The number of carboxylic acids is 1. The van der Waals surface area contributed by atoms with E-state index in [1.807, 2.05) is 0 Å². The Morgan fingerprint density at radius 2 is 2.29 bits per heavy atom. The maximum atomic E-state index is 12.3. The quantitative estimate of drug-likeness (QED) is 0.804. The summed E-state index contributed by atoms with van der Waals surface area (Å²) in [6, 6.07) is 4.93. The van der Waals surface area contributed by atoms with Crippen LogP contribution in [0.2, 0.25) is 0 Å². The van der Waals surface area contributed by atoms with E-state index in [4.69, 9.17) is 0 Å². The number of aliphatic carboxylic acids is 1. The van der Waals surface area contributed by atoms with Gasteiger partial charge in [0.05, 0.1) is 17.1 Å². The normalized spacial score (nSPS) is 25.1. The summed E-state index contributed by atoms with van der Waals surface area (Å²) in [4.78, 5) is 23.8. The van der Waals surface area contributed by atoms with Gasteiger partial charge in [0.15, 0.2) is 0 Å². The number of aromatic amines is 1. The van der Waals surface area contributed by atoms with Crippen molar-refractivity contribution in [3.8, 4) is 0 Å². The van der Waals surface area contributed by atoms with E-state index in [1.54, 1.807) is 31.3 Å². The zero-order chi connectivity index (χ0) is 15.0. The summed E-state index contributed by atoms with van der Waals surface area (Å²) < 4.78 is 0. The Balaban J connectivity index is 1.81. The molecule has 1 aliphatic carbocycles. The number of nitrogens with one attached hydrogen (secondary N) is 2. The number of carbonyl (C=O) groups excluding carboxylic acids is 1. The molecule has 1 aromatic heterocycles. The summed E-state index contributed by atoms with van der Waals surface area (Å²) in [7, 11) is 0. The van der Waals surface area contributed by atoms with Gasteiger partial charge >= 0.3 is 5.97 Å². The third kappa shape index (κ3) is 2.26. The average molecular weight is 287 g/mol. The fourth-order valence-corrected chi connectivity index (χ4v) is 2.98. The molecule has 1 saturated carbocycles. The lowest BCUT2D eigenvalue weighted by Gasteiger charge is -2.27. The number of benzene rings is 1. The van der Waals surface area contributed by atoms with Gasteiger partial charge in [-0.15, -0.1) is 0 Å². The molecule has 2 unspecified atom stereocenters. The molecule has 3 N–H and O–H groups in total. The largest absolute Gasteiger partial charge is 0.481 e. The van der Waals surface area contributed by atoms with Crippen LogP contribution in [0.1, 0.15) is 36.5 Å². The third-order valence-electron chi connectivity index (χ3n) is 4.45. The van der Waals surface area contributed by atoms with Crippen molar-refractivity contribution < 1.29 is 14.7 Å². The van der Waals surface area contributed by atoms with E-state index in [9.17, 15) is 14.7 Å². The van der Waals surface area contributed by atoms with E-state index in [0.717, 1.165) is 17.3 Å². The van der Waals surface area contributed by atoms with Crippen LogP contribution in [-0.4, -0.2) is 33.2 Å². The van der Waals surface area contributed by atoms with Gasteiger partial charge in [0.2, 0.25) is 0 Å². The molecular weight excluding hydrogens is 270 g/mol. The Bertz CT molecular complexity index is 709. The third-order valence-corrected chi connectivity index (χ3v) is 4.45. The SMILES string of the molecule is CC1(C(=O)O)CCCC1NC(=O)c1ccc2[nH]ncc2c1. The summed E-state index contributed by atoms with van der Waals surface area (Å²) >= 11 is 0. The molecular formula is C15H17N3O3. The molecule has 6 nitrogen and oxygen atoms in total. The summed E-state index contributed by atoms with van der Waals surface area (Å²) in [6.07, 6.45) is 3.76. The maximum absolute atomic E-state index is 12.3. The Kier molecular flexibility index (Phi) is 3.16. The van der Waals surface area contributed by atoms with Gasteiger partial charge in [-0.3, -0.25) is 14.7 Å². The topological polar surface area (TPSA) is 95.1 Å². The smallest absolute Gasteiger partial charge is 0.311 e. The van der Waals surface area contributed by atoms with Crippen molar-refractivity contribution in [3.63, 3.8) is 0 Å². The second-order valence-corrected chi connectivity index (χ2v) is 5.81. The minimum Gasteiger partial charge on any atom is -0.481 e. The van der Waals surface area contributed by atoms with Crippen LogP contribution >= 0.6 is 0 Å². The Morgan fingerprint density at radius 3 is 3.05 bits per heavy atom. The molecule has 1 aliphatic rings. The van der Waals surface area contributed by atoms with Crippen LogP contribution < -0.4 is 5.32 Å². The second kappa shape index (κ2) is 4.87. The molecule has 2 aromatic rings. The molecule has 0 bridgehead atoms. The van der Waals surface area contributed by atoms with E-state index >= 15 is 0 Å². The number of hydrogen-bond acceptors (Lipinski definition) is 3. The van der Waals surface area contributed by atoms with Gasteiger partial charge in [0, 0.05) is 17.0 Å². The van der Waals surface area contributed by atoms with Gasteiger partial charge in [-0.05, 0) is 38.0 Å². The van der Waals surface area contributed by atoms with Gasteiger partial charge in [-0.1, -0.05) is 6.42 Å². The number of nitrogens with zero attached hydrogens (tertiary/aromatic N) is 1. The van der Waals surface area contributed by atoms with Crippen LogP contribution in [0.5, 0.6) is 0 Å². The van der Waals surface area contributed by atoms with Crippen molar-refractivity contribution in [3.05, 3.63) is 30.0 Å². The second-order valence-electron chi connectivity index (χ2n) is 5.81. The lowest BCUT2D eigenvalue weighted by atomic mass is 9.85. The van der Waals surface area contributed by atoms with E-state index < -0.39 is 11.4 Å². The zero-order valence-electron chi connectivity index (χ0n) is 11.7. The van der Waals surface area contributed by atoms with Crippen LogP contribution in [0.25, 0.3) is 10.9 Å². The van der Waals surface area contributed by atoms with Crippen molar-refractivity contribution in [2.75, 3.05) is 0 Å². The van der Waals surface area contributed by atoms with E-state index in [0.29, 0.717) is 18.4 Å². The number of H-pyrrole nitrogens is 1. The first-order chi connectivity index (χ1) is 10.0. The predicted octanol–water partition coefficient (Wildman–Crippen LogP) is 1.94. The lowest BCUT2D eigenvalue weighted by Crippen LogP contribution is -2.47. The molecule has 3 rings (SSSR count).